The largest absolute Gasteiger partial charge is 0.289 e. The van der Waals surface area contributed by atoms with Crippen molar-refractivity contribution in [3.05, 3.63) is 154 Å². The molecule has 6 aromatic rings. The van der Waals surface area contributed by atoms with E-state index in [9.17, 15) is 4.79 Å². The summed E-state index contributed by atoms with van der Waals surface area (Å²) >= 11 is 1.70. The average molecular weight is 453 g/mol. The van der Waals surface area contributed by atoms with Gasteiger partial charge in [-0.1, -0.05) is 97.1 Å². The molecule has 0 atom stereocenters. The summed E-state index contributed by atoms with van der Waals surface area (Å²) in [5, 5.41) is 1.60. The first-order chi connectivity index (χ1) is 16.8. The van der Waals surface area contributed by atoms with Gasteiger partial charge in [0.1, 0.15) is 0 Å². The molecule has 0 spiro atoms. The quantitative estimate of drug-likeness (QED) is 0.245. The van der Waals surface area contributed by atoms with Crippen molar-refractivity contribution >= 4 is 31.5 Å². The average Bonchev–Trinajstić information content (AvgIpc) is 3.19. The van der Waals surface area contributed by atoms with E-state index in [1.807, 2.05) is 24.3 Å². The van der Waals surface area contributed by atoms with Crippen molar-refractivity contribution in [1.82, 2.24) is 0 Å². The van der Waals surface area contributed by atoms with Gasteiger partial charge in [-0.25, -0.2) is 0 Å². The maximum absolute atomic E-state index is 13.5. The van der Waals surface area contributed by atoms with Gasteiger partial charge in [0.05, 0.1) is 5.41 Å². The minimum absolute atomic E-state index is 0.113. The summed E-state index contributed by atoms with van der Waals surface area (Å²) in [5.74, 6) is 0. The lowest BCUT2D eigenvalue weighted by atomic mass is 9.68. The van der Waals surface area contributed by atoms with E-state index in [-0.39, 0.29) is 5.43 Å². The molecule has 7 rings (SSSR count). The van der Waals surface area contributed by atoms with Crippen LogP contribution in [0.4, 0.5) is 0 Å². The van der Waals surface area contributed by atoms with Gasteiger partial charge in [0, 0.05) is 20.2 Å². The molecule has 0 amide bonds. The van der Waals surface area contributed by atoms with Crippen molar-refractivity contribution in [2.24, 2.45) is 0 Å². The summed E-state index contributed by atoms with van der Waals surface area (Å²) in [7, 11) is 0. The molecule has 0 saturated heterocycles. The van der Waals surface area contributed by atoms with E-state index < -0.39 is 5.41 Å². The first-order valence-electron chi connectivity index (χ1n) is 11.5. The van der Waals surface area contributed by atoms with Crippen LogP contribution in [0.1, 0.15) is 22.3 Å². The van der Waals surface area contributed by atoms with Crippen LogP contribution in [0.25, 0.3) is 31.3 Å². The van der Waals surface area contributed by atoms with Gasteiger partial charge in [-0.3, -0.25) is 4.79 Å². The Kier molecular flexibility index (Phi) is 4.15. The zero-order valence-corrected chi connectivity index (χ0v) is 19.2. The van der Waals surface area contributed by atoms with Crippen LogP contribution in [0.15, 0.2) is 126 Å². The SMILES string of the molecule is O=c1c2ccccc2sc2cc3c(cc12)-c1ccccc1C3(c1ccccc1)c1ccccc1. The number of fused-ring (bicyclic) bond motifs is 5. The molecule has 1 aliphatic carbocycles. The Labute approximate surface area is 201 Å². The Morgan fingerprint density at radius 3 is 1.85 bits per heavy atom. The third-order valence-electron chi connectivity index (χ3n) is 7.15. The van der Waals surface area contributed by atoms with Crippen LogP contribution in [-0.2, 0) is 5.41 Å². The number of hydrogen-bond donors (Lipinski definition) is 0. The highest BCUT2D eigenvalue weighted by atomic mass is 32.1. The van der Waals surface area contributed by atoms with Crippen molar-refractivity contribution < 1.29 is 0 Å². The molecule has 5 aromatic carbocycles. The van der Waals surface area contributed by atoms with Crippen LogP contribution in [0, 0.1) is 0 Å². The molecule has 0 aliphatic heterocycles. The molecule has 0 bridgehead atoms. The highest BCUT2D eigenvalue weighted by Gasteiger charge is 2.46. The topological polar surface area (TPSA) is 17.1 Å². The van der Waals surface area contributed by atoms with E-state index in [4.69, 9.17) is 0 Å². The second kappa shape index (κ2) is 7.24. The fraction of sp³-hybridized carbons (Fsp3) is 0.0312. The maximum Gasteiger partial charge on any atom is 0.195 e. The third-order valence-corrected chi connectivity index (χ3v) is 8.29. The third kappa shape index (κ3) is 2.52. The second-order valence-electron chi connectivity index (χ2n) is 8.85. The minimum atomic E-state index is -0.440. The van der Waals surface area contributed by atoms with Crippen LogP contribution in [-0.4, -0.2) is 0 Å². The van der Waals surface area contributed by atoms with Gasteiger partial charge in [0.2, 0.25) is 0 Å². The lowest BCUT2D eigenvalue weighted by molar-refractivity contribution is 0.770. The molecule has 1 aromatic heterocycles. The zero-order valence-electron chi connectivity index (χ0n) is 18.4. The highest BCUT2D eigenvalue weighted by molar-refractivity contribution is 7.24. The van der Waals surface area contributed by atoms with Gasteiger partial charge in [0.25, 0.3) is 0 Å². The smallest absolute Gasteiger partial charge is 0.195 e. The lowest BCUT2D eigenvalue weighted by Crippen LogP contribution is -2.28. The maximum atomic E-state index is 13.5. The molecule has 1 aliphatic rings. The van der Waals surface area contributed by atoms with Gasteiger partial charge in [0.15, 0.2) is 5.43 Å². The normalized spacial score (nSPS) is 13.6. The Bertz CT molecular complexity index is 1730. The first-order valence-corrected chi connectivity index (χ1v) is 12.3. The van der Waals surface area contributed by atoms with Crippen LogP contribution in [0.2, 0.25) is 0 Å². The Hall–Kier alpha value is -4.01. The van der Waals surface area contributed by atoms with Crippen LogP contribution < -0.4 is 5.43 Å². The van der Waals surface area contributed by atoms with Crippen molar-refractivity contribution in [2.45, 2.75) is 5.41 Å². The summed E-state index contributed by atoms with van der Waals surface area (Å²) < 4.78 is 2.06. The van der Waals surface area contributed by atoms with Gasteiger partial charge < -0.3 is 0 Å². The van der Waals surface area contributed by atoms with Crippen molar-refractivity contribution in [3.63, 3.8) is 0 Å². The molecule has 2 heteroatoms. The summed E-state index contributed by atoms with van der Waals surface area (Å²) in [6.45, 7) is 0. The minimum Gasteiger partial charge on any atom is -0.289 e. The Balaban J connectivity index is 1.69. The van der Waals surface area contributed by atoms with E-state index in [2.05, 4.69) is 97.1 Å². The molecule has 0 N–H and O–H groups in total. The van der Waals surface area contributed by atoms with Gasteiger partial charge in [-0.05, 0) is 57.6 Å². The lowest BCUT2D eigenvalue weighted by Gasteiger charge is -2.33. The van der Waals surface area contributed by atoms with Crippen molar-refractivity contribution in [1.29, 1.82) is 0 Å². The molecule has 0 saturated carbocycles. The number of hydrogen-bond acceptors (Lipinski definition) is 2. The van der Waals surface area contributed by atoms with E-state index in [1.165, 1.54) is 27.8 Å². The summed E-state index contributed by atoms with van der Waals surface area (Å²) in [6.07, 6.45) is 0. The Morgan fingerprint density at radius 1 is 0.500 bits per heavy atom. The molecule has 1 heterocycles. The summed E-state index contributed by atoms with van der Waals surface area (Å²) in [5.41, 5.74) is 7.00. The van der Waals surface area contributed by atoms with Crippen molar-refractivity contribution in [2.75, 3.05) is 0 Å². The summed E-state index contributed by atoms with van der Waals surface area (Å²) in [4.78, 5) is 13.5. The van der Waals surface area contributed by atoms with Crippen LogP contribution in [0.3, 0.4) is 0 Å². The fourth-order valence-corrected chi connectivity index (χ4v) is 6.83. The number of rotatable bonds is 2. The Morgan fingerprint density at radius 2 is 1.12 bits per heavy atom. The molecule has 160 valence electrons. The predicted molar refractivity (Wildman–Crippen MR) is 143 cm³/mol. The van der Waals surface area contributed by atoms with Crippen LogP contribution in [0.5, 0.6) is 0 Å². The second-order valence-corrected chi connectivity index (χ2v) is 9.93. The predicted octanol–water partition coefficient (Wildman–Crippen LogP) is 7.78. The van der Waals surface area contributed by atoms with Crippen LogP contribution >= 0.6 is 11.3 Å². The number of benzene rings is 5. The molecule has 34 heavy (non-hydrogen) atoms. The fourth-order valence-electron chi connectivity index (χ4n) is 5.74. The van der Waals surface area contributed by atoms with Gasteiger partial charge in [-0.2, -0.15) is 0 Å². The first kappa shape index (κ1) is 19.5. The highest BCUT2D eigenvalue weighted by Crippen LogP contribution is 2.56. The molecule has 1 nitrogen and oxygen atoms in total. The molecule has 0 fully saturated rings. The van der Waals surface area contributed by atoms with Crippen molar-refractivity contribution in [3.8, 4) is 11.1 Å². The van der Waals surface area contributed by atoms with E-state index in [0.717, 1.165) is 25.7 Å². The monoisotopic (exact) mass is 452 g/mol. The van der Waals surface area contributed by atoms with E-state index in [1.54, 1.807) is 11.3 Å². The van der Waals surface area contributed by atoms with Gasteiger partial charge in [-0.15, -0.1) is 11.3 Å². The standard InChI is InChI=1S/C32H20OS/c33-31-24-16-8-10-18-29(24)34-30-20-28-25(19-26(30)31)23-15-7-9-17-27(23)32(28,21-11-3-1-4-12-21)22-13-5-2-6-14-22/h1-20H. The van der Waals surface area contributed by atoms with Gasteiger partial charge >= 0.3 is 0 Å². The van der Waals surface area contributed by atoms with E-state index in [0.29, 0.717) is 0 Å². The molecule has 0 unspecified atom stereocenters. The molecule has 0 radical (unpaired) electrons. The zero-order chi connectivity index (χ0) is 22.7. The molecular weight excluding hydrogens is 432 g/mol. The summed E-state index contributed by atoms with van der Waals surface area (Å²) in [6, 6.07) is 42.6. The molecular formula is C32H20OS. The van der Waals surface area contributed by atoms with E-state index >= 15 is 0 Å².